The van der Waals surface area contributed by atoms with Crippen molar-refractivity contribution >= 4 is 12.2 Å². The molecule has 0 spiro atoms. The molecule has 4 heteroatoms. The van der Waals surface area contributed by atoms with Gasteiger partial charge in [-0.15, -0.1) is 0 Å². The molecule has 1 aromatic heterocycles. The Morgan fingerprint density at radius 3 is 2.31 bits per heavy atom. The number of hydrogen-bond acceptors (Lipinski definition) is 3. The van der Waals surface area contributed by atoms with Crippen molar-refractivity contribution in [2.24, 2.45) is 15.8 Å². The number of nitrogens with zero attached hydrogens (tertiary/aromatic N) is 3. The van der Waals surface area contributed by atoms with E-state index in [1.807, 2.05) is 67.0 Å². The van der Waals surface area contributed by atoms with Crippen molar-refractivity contribution < 1.29 is 4.42 Å². The Kier molecular flexibility index (Phi) is 4.93. The van der Waals surface area contributed by atoms with Crippen LogP contribution in [0.5, 0.6) is 0 Å². The summed E-state index contributed by atoms with van der Waals surface area (Å²) in [6.07, 6.45) is 5.53. The van der Waals surface area contributed by atoms with Gasteiger partial charge in [-0.1, -0.05) is 81.4 Å². The quantitative estimate of drug-likeness (QED) is 0.334. The molecular formula is C28H29N3O. The van der Waals surface area contributed by atoms with Crippen LogP contribution in [0.4, 0.5) is 5.88 Å². The van der Waals surface area contributed by atoms with Crippen LogP contribution in [0.1, 0.15) is 45.6 Å². The highest BCUT2D eigenvalue weighted by Crippen LogP contribution is 2.52. The number of hydrogen-bond donors (Lipinski definition) is 0. The standard InChI is InChI=1S/C28H29N3O/c1-27(2)14-22-15-28(3,17-27)18-31(22)19-30-26-23(16-29)24(20-10-6-4-7-11-20)25(32-26)21-12-8-5-9-13-21/h4-13,19,22H,14-15,17-18H2,1-3H3/t22-,28-/m1/s1. The Labute approximate surface area is 190 Å². The molecule has 1 saturated carbocycles. The minimum Gasteiger partial charge on any atom is -0.436 e. The molecule has 5 rings (SSSR count). The van der Waals surface area contributed by atoms with Crippen molar-refractivity contribution in [2.45, 2.75) is 46.1 Å². The Balaban J connectivity index is 1.56. The summed E-state index contributed by atoms with van der Waals surface area (Å²) in [5, 5.41) is 10.1. The average molecular weight is 424 g/mol. The van der Waals surface area contributed by atoms with Gasteiger partial charge in [0.25, 0.3) is 0 Å². The fraction of sp³-hybridized carbons (Fsp3) is 0.357. The van der Waals surface area contributed by atoms with Crippen LogP contribution in [0.3, 0.4) is 0 Å². The highest BCUT2D eigenvalue weighted by atomic mass is 16.4. The normalized spacial score (nSPS) is 24.1. The third kappa shape index (κ3) is 3.73. The Hall–Kier alpha value is -3.32. The highest BCUT2D eigenvalue weighted by molar-refractivity contribution is 5.88. The molecule has 1 aliphatic heterocycles. The molecule has 2 heterocycles. The molecule has 3 aromatic rings. The van der Waals surface area contributed by atoms with Gasteiger partial charge in [0.2, 0.25) is 5.88 Å². The zero-order chi connectivity index (χ0) is 22.3. The molecule has 32 heavy (non-hydrogen) atoms. The predicted molar refractivity (Wildman–Crippen MR) is 129 cm³/mol. The van der Waals surface area contributed by atoms with Gasteiger partial charge in [-0.25, -0.2) is 4.99 Å². The van der Waals surface area contributed by atoms with Gasteiger partial charge < -0.3 is 9.32 Å². The summed E-state index contributed by atoms with van der Waals surface area (Å²) < 4.78 is 6.27. The van der Waals surface area contributed by atoms with Crippen molar-refractivity contribution in [1.82, 2.24) is 4.90 Å². The first-order chi connectivity index (χ1) is 15.4. The van der Waals surface area contributed by atoms with Crippen LogP contribution in [0.15, 0.2) is 70.1 Å². The van der Waals surface area contributed by atoms with E-state index in [1.165, 1.54) is 19.3 Å². The topological polar surface area (TPSA) is 52.5 Å². The van der Waals surface area contributed by atoms with E-state index < -0.39 is 0 Å². The fourth-order valence-electron chi connectivity index (χ4n) is 6.05. The maximum Gasteiger partial charge on any atom is 0.239 e. The van der Waals surface area contributed by atoms with Crippen molar-refractivity contribution in [3.8, 4) is 28.5 Å². The van der Waals surface area contributed by atoms with Crippen LogP contribution in [-0.4, -0.2) is 23.8 Å². The molecule has 2 bridgehead atoms. The first-order valence-electron chi connectivity index (χ1n) is 11.4. The van der Waals surface area contributed by atoms with E-state index in [2.05, 4.69) is 31.7 Å². The Morgan fingerprint density at radius 2 is 1.66 bits per heavy atom. The summed E-state index contributed by atoms with van der Waals surface area (Å²) in [6, 6.07) is 22.8. The lowest BCUT2D eigenvalue weighted by Crippen LogP contribution is -2.34. The predicted octanol–water partition coefficient (Wildman–Crippen LogP) is 7.05. The van der Waals surface area contributed by atoms with Gasteiger partial charge in [0.1, 0.15) is 17.4 Å². The molecule has 2 fully saturated rings. The molecule has 2 aliphatic rings. The fourth-order valence-corrected chi connectivity index (χ4v) is 6.05. The second-order valence-corrected chi connectivity index (χ2v) is 10.5. The average Bonchev–Trinajstić information content (AvgIpc) is 3.26. The van der Waals surface area contributed by atoms with Crippen molar-refractivity contribution in [3.05, 3.63) is 66.2 Å². The number of nitriles is 1. The van der Waals surface area contributed by atoms with Gasteiger partial charge in [-0.3, -0.25) is 0 Å². The SMILES string of the molecule is CC1(C)C[C@@H]2C[C@@](C)(CN2C=Nc2oc(-c3ccccc3)c(-c3ccccc3)c2C#N)C1. The lowest BCUT2D eigenvalue weighted by molar-refractivity contribution is 0.133. The van der Waals surface area contributed by atoms with E-state index in [1.54, 1.807) is 0 Å². The maximum atomic E-state index is 10.1. The van der Waals surface area contributed by atoms with E-state index >= 15 is 0 Å². The number of likely N-dealkylation sites (tertiary alicyclic amines) is 1. The van der Waals surface area contributed by atoms with E-state index in [0.29, 0.717) is 34.1 Å². The summed E-state index contributed by atoms with van der Waals surface area (Å²) in [6.45, 7) is 8.14. The summed E-state index contributed by atoms with van der Waals surface area (Å²) in [5.74, 6) is 1.07. The largest absolute Gasteiger partial charge is 0.436 e. The zero-order valence-electron chi connectivity index (χ0n) is 19.0. The van der Waals surface area contributed by atoms with Crippen LogP contribution in [-0.2, 0) is 0 Å². The Morgan fingerprint density at radius 1 is 1.00 bits per heavy atom. The minimum absolute atomic E-state index is 0.323. The molecule has 4 nitrogen and oxygen atoms in total. The van der Waals surface area contributed by atoms with Gasteiger partial charge in [-0.05, 0) is 35.7 Å². The monoisotopic (exact) mass is 423 g/mol. The molecule has 0 N–H and O–H groups in total. The zero-order valence-corrected chi connectivity index (χ0v) is 19.0. The van der Waals surface area contributed by atoms with Crippen LogP contribution in [0.25, 0.3) is 22.5 Å². The van der Waals surface area contributed by atoms with Crippen LogP contribution in [0.2, 0.25) is 0 Å². The van der Waals surface area contributed by atoms with Crippen molar-refractivity contribution in [3.63, 3.8) is 0 Å². The number of benzene rings is 2. The van der Waals surface area contributed by atoms with Gasteiger partial charge in [0.05, 0.1) is 6.34 Å². The van der Waals surface area contributed by atoms with Gasteiger partial charge >= 0.3 is 0 Å². The lowest BCUT2D eigenvalue weighted by atomic mass is 9.65. The molecule has 0 unspecified atom stereocenters. The lowest BCUT2D eigenvalue weighted by Gasteiger charge is -2.39. The molecule has 1 aliphatic carbocycles. The third-order valence-electron chi connectivity index (χ3n) is 6.88. The van der Waals surface area contributed by atoms with Crippen LogP contribution >= 0.6 is 0 Å². The number of furan rings is 1. The van der Waals surface area contributed by atoms with Crippen LogP contribution in [0, 0.1) is 22.2 Å². The molecule has 2 aromatic carbocycles. The van der Waals surface area contributed by atoms with Gasteiger partial charge in [0.15, 0.2) is 0 Å². The second-order valence-electron chi connectivity index (χ2n) is 10.5. The molecular weight excluding hydrogens is 394 g/mol. The van der Waals surface area contributed by atoms with Crippen LogP contribution < -0.4 is 0 Å². The van der Waals surface area contributed by atoms with E-state index in [4.69, 9.17) is 9.41 Å². The maximum absolute atomic E-state index is 10.1. The smallest absolute Gasteiger partial charge is 0.239 e. The summed E-state index contributed by atoms with van der Waals surface area (Å²) in [4.78, 5) is 7.11. The van der Waals surface area contributed by atoms with E-state index in [0.717, 1.165) is 23.2 Å². The third-order valence-corrected chi connectivity index (χ3v) is 6.88. The second kappa shape index (κ2) is 7.67. The van der Waals surface area contributed by atoms with E-state index in [9.17, 15) is 5.26 Å². The molecule has 2 atom stereocenters. The molecule has 0 amide bonds. The number of rotatable bonds is 4. The molecule has 0 radical (unpaired) electrons. The Bertz CT molecular complexity index is 1190. The first-order valence-corrected chi connectivity index (χ1v) is 11.4. The van der Waals surface area contributed by atoms with E-state index in [-0.39, 0.29) is 0 Å². The number of fused-ring (bicyclic) bond motifs is 2. The van der Waals surface area contributed by atoms with Crippen molar-refractivity contribution in [1.29, 1.82) is 5.26 Å². The summed E-state index contributed by atoms with van der Waals surface area (Å²) >= 11 is 0. The first kappa shape index (κ1) is 20.6. The molecule has 162 valence electrons. The number of aliphatic imine (C=N–C) groups is 1. The van der Waals surface area contributed by atoms with Gasteiger partial charge in [0, 0.05) is 23.7 Å². The minimum atomic E-state index is 0.323. The highest BCUT2D eigenvalue weighted by Gasteiger charge is 2.48. The summed E-state index contributed by atoms with van der Waals surface area (Å²) in [5.41, 5.74) is 3.86. The summed E-state index contributed by atoms with van der Waals surface area (Å²) in [7, 11) is 0. The molecule has 1 saturated heterocycles. The van der Waals surface area contributed by atoms with Crippen molar-refractivity contribution in [2.75, 3.05) is 6.54 Å². The van der Waals surface area contributed by atoms with Gasteiger partial charge in [-0.2, -0.15) is 5.26 Å².